The Bertz CT molecular complexity index is 423. The van der Waals surface area contributed by atoms with Gasteiger partial charge in [-0.05, 0) is 24.6 Å². The molecule has 0 atom stereocenters. The summed E-state index contributed by atoms with van der Waals surface area (Å²) in [7, 11) is 0. The molecule has 0 saturated heterocycles. The van der Waals surface area contributed by atoms with E-state index in [4.69, 9.17) is 16.9 Å². The predicted octanol–water partition coefficient (Wildman–Crippen LogP) is 2.43. The molecule has 0 heterocycles. The van der Waals surface area contributed by atoms with Gasteiger partial charge in [0, 0.05) is 5.56 Å². The van der Waals surface area contributed by atoms with E-state index in [2.05, 4.69) is 0 Å². The van der Waals surface area contributed by atoms with Crippen molar-refractivity contribution in [3.63, 3.8) is 0 Å². The minimum Gasteiger partial charge on any atom is -0.293 e. The van der Waals surface area contributed by atoms with E-state index in [0.717, 1.165) is 6.07 Å². The van der Waals surface area contributed by atoms with Gasteiger partial charge in [-0.2, -0.15) is 5.26 Å². The summed E-state index contributed by atoms with van der Waals surface area (Å²) in [6, 6.07) is 4.11. The van der Waals surface area contributed by atoms with Gasteiger partial charge in [-0.3, -0.25) is 4.79 Å². The van der Waals surface area contributed by atoms with Crippen LogP contribution < -0.4 is 0 Å². The smallest absolute Gasteiger partial charge is 0.179 e. The summed E-state index contributed by atoms with van der Waals surface area (Å²) in [6.45, 7) is 1.58. The fourth-order valence-corrected chi connectivity index (χ4v) is 1.33. The van der Waals surface area contributed by atoms with Gasteiger partial charge < -0.3 is 0 Å². The summed E-state index contributed by atoms with van der Waals surface area (Å²) >= 11 is 5.34. The highest BCUT2D eigenvalue weighted by Gasteiger charge is 2.13. The summed E-state index contributed by atoms with van der Waals surface area (Å²) in [4.78, 5) is 11.2. The van der Waals surface area contributed by atoms with Gasteiger partial charge in [-0.15, -0.1) is 11.6 Å². The van der Waals surface area contributed by atoms with Crippen LogP contribution in [0.1, 0.15) is 21.5 Å². The molecule has 0 spiro atoms. The number of carbonyl (C=O) groups is 1. The molecule has 0 saturated carbocycles. The molecule has 0 bridgehead atoms. The lowest BCUT2D eigenvalue weighted by molar-refractivity contribution is 0.102. The molecule has 0 aliphatic heterocycles. The number of carbonyl (C=O) groups excluding carboxylic acids is 1. The molecule has 14 heavy (non-hydrogen) atoms. The van der Waals surface area contributed by atoms with E-state index in [1.807, 2.05) is 6.07 Å². The van der Waals surface area contributed by atoms with Gasteiger partial charge in [-0.25, -0.2) is 4.39 Å². The SMILES string of the molecule is Cc1cc(F)cc(C(=O)CCl)c1C#N. The van der Waals surface area contributed by atoms with Crippen molar-refractivity contribution < 1.29 is 9.18 Å². The van der Waals surface area contributed by atoms with Crippen molar-refractivity contribution in [1.29, 1.82) is 5.26 Å². The van der Waals surface area contributed by atoms with Crippen LogP contribution in [0.5, 0.6) is 0 Å². The van der Waals surface area contributed by atoms with Gasteiger partial charge in [0.05, 0.1) is 11.4 Å². The molecule has 0 aromatic heterocycles. The highest BCUT2D eigenvalue weighted by molar-refractivity contribution is 6.30. The third-order valence-corrected chi connectivity index (χ3v) is 2.08. The second kappa shape index (κ2) is 4.21. The van der Waals surface area contributed by atoms with Gasteiger partial charge in [0.15, 0.2) is 5.78 Å². The molecular weight excluding hydrogens is 205 g/mol. The van der Waals surface area contributed by atoms with E-state index in [1.54, 1.807) is 6.92 Å². The van der Waals surface area contributed by atoms with Crippen LogP contribution in [0.25, 0.3) is 0 Å². The number of alkyl halides is 1. The lowest BCUT2D eigenvalue weighted by atomic mass is 10.0. The second-order valence-electron chi connectivity index (χ2n) is 2.81. The van der Waals surface area contributed by atoms with Gasteiger partial charge >= 0.3 is 0 Å². The number of hydrogen-bond acceptors (Lipinski definition) is 2. The molecule has 0 fully saturated rings. The van der Waals surface area contributed by atoms with Crippen molar-refractivity contribution in [2.24, 2.45) is 0 Å². The van der Waals surface area contributed by atoms with E-state index in [0.29, 0.717) is 5.56 Å². The first kappa shape index (κ1) is 10.7. The molecule has 0 radical (unpaired) electrons. The summed E-state index contributed by atoms with van der Waals surface area (Å²) in [6.07, 6.45) is 0. The zero-order chi connectivity index (χ0) is 10.7. The van der Waals surface area contributed by atoms with E-state index < -0.39 is 11.6 Å². The monoisotopic (exact) mass is 211 g/mol. The summed E-state index contributed by atoms with van der Waals surface area (Å²) in [5.74, 6) is -1.22. The van der Waals surface area contributed by atoms with Crippen LogP contribution in [0.2, 0.25) is 0 Å². The number of hydrogen-bond donors (Lipinski definition) is 0. The fraction of sp³-hybridized carbons (Fsp3) is 0.200. The summed E-state index contributed by atoms with van der Waals surface area (Å²) < 4.78 is 12.9. The summed E-state index contributed by atoms with van der Waals surface area (Å²) in [5, 5.41) is 8.77. The largest absolute Gasteiger partial charge is 0.293 e. The van der Waals surface area contributed by atoms with Crippen molar-refractivity contribution in [3.05, 3.63) is 34.6 Å². The van der Waals surface area contributed by atoms with Gasteiger partial charge in [0.2, 0.25) is 0 Å². The van der Waals surface area contributed by atoms with Crippen LogP contribution in [0.15, 0.2) is 12.1 Å². The lowest BCUT2D eigenvalue weighted by Crippen LogP contribution is -2.05. The van der Waals surface area contributed by atoms with Crippen molar-refractivity contribution in [3.8, 4) is 6.07 Å². The molecular formula is C10H7ClFNO. The number of nitriles is 1. The van der Waals surface area contributed by atoms with Crippen molar-refractivity contribution >= 4 is 17.4 Å². The van der Waals surface area contributed by atoms with E-state index in [-0.39, 0.29) is 17.0 Å². The standard InChI is InChI=1S/C10H7ClFNO/c1-6-2-7(12)3-8(9(6)5-13)10(14)4-11/h2-3H,4H2,1H3. The maximum absolute atomic E-state index is 12.9. The van der Waals surface area contributed by atoms with Crippen LogP contribution in [-0.4, -0.2) is 11.7 Å². The summed E-state index contributed by atoms with van der Waals surface area (Å²) in [5.41, 5.74) is 0.693. The van der Waals surface area contributed by atoms with Crippen molar-refractivity contribution in [2.75, 3.05) is 5.88 Å². The average molecular weight is 212 g/mol. The topological polar surface area (TPSA) is 40.9 Å². The number of ketones is 1. The Hall–Kier alpha value is -1.40. The Morgan fingerprint density at radius 1 is 1.64 bits per heavy atom. The average Bonchev–Trinajstić information content (AvgIpc) is 2.15. The first-order valence-electron chi connectivity index (χ1n) is 3.89. The number of aryl methyl sites for hydroxylation is 1. The number of halogens is 2. The van der Waals surface area contributed by atoms with E-state index >= 15 is 0 Å². The Balaban J connectivity index is 3.41. The van der Waals surface area contributed by atoms with Crippen molar-refractivity contribution in [2.45, 2.75) is 6.92 Å². The Kier molecular flexibility index (Phi) is 3.21. The quantitative estimate of drug-likeness (QED) is 0.557. The third kappa shape index (κ3) is 1.91. The predicted molar refractivity (Wildman–Crippen MR) is 50.9 cm³/mol. The van der Waals surface area contributed by atoms with Gasteiger partial charge in [-0.1, -0.05) is 0 Å². The molecule has 0 aliphatic carbocycles. The van der Waals surface area contributed by atoms with E-state index in [1.165, 1.54) is 6.07 Å². The zero-order valence-corrected chi connectivity index (χ0v) is 8.23. The molecule has 0 aliphatic rings. The van der Waals surface area contributed by atoms with Crippen molar-refractivity contribution in [1.82, 2.24) is 0 Å². The first-order chi connectivity index (χ1) is 6.60. The van der Waals surface area contributed by atoms with Crippen LogP contribution in [0, 0.1) is 24.1 Å². The fourth-order valence-electron chi connectivity index (χ4n) is 1.18. The molecule has 0 N–H and O–H groups in total. The maximum Gasteiger partial charge on any atom is 0.179 e. The normalized spacial score (nSPS) is 9.57. The number of nitrogens with zero attached hydrogens (tertiary/aromatic N) is 1. The lowest BCUT2D eigenvalue weighted by Gasteiger charge is -2.03. The highest BCUT2D eigenvalue weighted by Crippen LogP contribution is 2.16. The van der Waals surface area contributed by atoms with Crippen LogP contribution in [0.3, 0.4) is 0 Å². The van der Waals surface area contributed by atoms with E-state index in [9.17, 15) is 9.18 Å². The third-order valence-electron chi connectivity index (χ3n) is 1.83. The molecule has 0 unspecified atom stereocenters. The zero-order valence-electron chi connectivity index (χ0n) is 7.47. The Morgan fingerprint density at radius 3 is 2.79 bits per heavy atom. The van der Waals surface area contributed by atoms with Crippen LogP contribution >= 0.6 is 11.6 Å². The molecule has 1 rings (SSSR count). The minimum atomic E-state index is -0.532. The Labute approximate surface area is 85.9 Å². The van der Waals surface area contributed by atoms with Gasteiger partial charge in [0.25, 0.3) is 0 Å². The number of rotatable bonds is 2. The highest BCUT2D eigenvalue weighted by atomic mass is 35.5. The maximum atomic E-state index is 12.9. The number of benzene rings is 1. The molecule has 1 aromatic rings. The van der Waals surface area contributed by atoms with Gasteiger partial charge in [0.1, 0.15) is 11.9 Å². The molecule has 0 amide bonds. The Morgan fingerprint density at radius 2 is 2.29 bits per heavy atom. The number of Topliss-reactive ketones (excluding diaryl/α,β-unsaturated/α-hetero) is 1. The molecule has 2 nitrogen and oxygen atoms in total. The van der Waals surface area contributed by atoms with Crippen LogP contribution in [-0.2, 0) is 0 Å². The molecule has 4 heteroatoms. The van der Waals surface area contributed by atoms with Crippen LogP contribution in [0.4, 0.5) is 4.39 Å². The first-order valence-corrected chi connectivity index (χ1v) is 4.43. The second-order valence-corrected chi connectivity index (χ2v) is 3.08. The molecule has 72 valence electrons. The molecule has 1 aromatic carbocycles. The minimum absolute atomic E-state index is 0.0556.